The van der Waals surface area contributed by atoms with Gasteiger partial charge < -0.3 is 20.1 Å². The van der Waals surface area contributed by atoms with Crippen LogP contribution in [-0.4, -0.2) is 85.8 Å². The molecule has 37 heavy (non-hydrogen) atoms. The molecule has 1 aromatic heterocycles. The topological polar surface area (TPSA) is 126 Å². The first-order chi connectivity index (χ1) is 17.8. The summed E-state index contributed by atoms with van der Waals surface area (Å²) < 4.78 is 7.75. The van der Waals surface area contributed by atoms with Crippen LogP contribution in [0.2, 0.25) is 0 Å². The number of carbonyl (C=O) groups is 2. The molecule has 11 nitrogen and oxygen atoms in total. The number of likely N-dealkylation sites (N-methyl/N-ethyl adjacent to an activating group) is 1. The van der Waals surface area contributed by atoms with Crippen molar-refractivity contribution >= 4 is 17.5 Å². The Morgan fingerprint density at radius 2 is 2.05 bits per heavy atom. The summed E-state index contributed by atoms with van der Waals surface area (Å²) in [6.07, 6.45) is 1.15. The molecule has 3 atom stereocenters. The molecule has 2 N–H and O–H groups in total. The minimum atomic E-state index is -0.373. The summed E-state index contributed by atoms with van der Waals surface area (Å²) in [5.41, 5.74) is 2.00. The van der Waals surface area contributed by atoms with Crippen LogP contribution in [0, 0.1) is 5.92 Å². The van der Waals surface area contributed by atoms with Gasteiger partial charge >= 0.3 is 0 Å². The monoisotopic (exact) mass is 507 g/mol. The number of hydrogen-bond acceptors (Lipinski definition) is 8. The first-order valence-electron chi connectivity index (χ1n) is 12.3. The van der Waals surface area contributed by atoms with E-state index in [4.69, 9.17) is 4.74 Å². The Morgan fingerprint density at radius 3 is 2.76 bits per heavy atom. The van der Waals surface area contributed by atoms with Gasteiger partial charge in [-0.2, -0.15) is 0 Å². The van der Waals surface area contributed by atoms with Crippen LogP contribution in [-0.2, 0) is 17.9 Å². The van der Waals surface area contributed by atoms with E-state index in [0.717, 1.165) is 6.54 Å². The molecule has 4 rings (SSSR count). The van der Waals surface area contributed by atoms with Gasteiger partial charge in [0.25, 0.3) is 5.91 Å². The molecular formula is C26H33N7O4. The fraction of sp³-hybridized carbons (Fsp3) is 0.423. The van der Waals surface area contributed by atoms with E-state index in [1.54, 1.807) is 23.1 Å². The third kappa shape index (κ3) is 6.69. The van der Waals surface area contributed by atoms with Crippen molar-refractivity contribution in [3.63, 3.8) is 0 Å². The molecular weight excluding hydrogens is 474 g/mol. The van der Waals surface area contributed by atoms with Gasteiger partial charge in [0.1, 0.15) is 24.7 Å². The van der Waals surface area contributed by atoms with Gasteiger partial charge in [0, 0.05) is 31.2 Å². The van der Waals surface area contributed by atoms with Crippen molar-refractivity contribution in [3.8, 4) is 5.75 Å². The van der Waals surface area contributed by atoms with Crippen LogP contribution < -0.4 is 10.1 Å². The van der Waals surface area contributed by atoms with Gasteiger partial charge in [-0.05, 0) is 48.2 Å². The number of hydrogen-bond donors (Lipinski definition) is 2. The van der Waals surface area contributed by atoms with Gasteiger partial charge in [-0.15, -0.1) is 5.10 Å². The fourth-order valence-electron chi connectivity index (χ4n) is 4.39. The minimum absolute atomic E-state index is 0.0139. The minimum Gasteiger partial charge on any atom is -0.488 e. The summed E-state index contributed by atoms with van der Waals surface area (Å²) in [4.78, 5) is 29.9. The highest BCUT2D eigenvalue weighted by atomic mass is 16.5. The Kier molecular flexibility index (Phi) is 8.47. The maximum Gasteiger partial charge on any atom is 0.258 e. The highest BCUT2D eigenvalue weighted by molar-refractivity contribution is 5.99. The van der Waals surface area contributed by atoms with Gasteiger partial charge in [0.15, 0.2) is 0 Å². The largest absolute Gasteiger partial charge is 0.488 e. The highest BCUT2D eigenvalue weighted by Crippen LogP contribution is 2.30. The zero-order valence-electron chi connectivity index (χ0n) is 21.3. The number of rotatable bonds is 9. The number of amides is 2. The smallest absolute Gasteiger partial charge is 0.258 e. The number of benzene rings is 2. The number of carbonyl (C=O) groups excluding carboxylic acids is 2. The number of fused-ring (bicyclic) bond motifs is 1. The van der Waals surface area contributed by atoms with E-state index in [2.05, 4.69) is 44.8 Å². The molecule has 0 radical (unpaired) electrons. The van der Waals surface area contributed by atoms with Crippen LogP contribution in [0.15, 0.2) is 54.9 Å². The Morgan fingerprint density at radius 1 is 1.27 bits per heavy atom. The van der Waals surface area contributed by atoms with Crippen LogP contribution in [0.25, 0.3) is 0 Å². The number of tetrazole rings is 1. The standard InChI is InChI=1S/C26H33N7O4/c1-18-12-33(19(2)16-34)26(36)22-11-21(28-25(35)15-32-17-27-29-30-32)9-10-23(22)37-24(18)14-31(3)13-20-7-5-4-6-8-20/h4-11,17-19,24,34H,12-16H2,1-3H3,(H,28,35)/t18-,19-,24+/m1/s1. The zero-order valence-corrected chi connectivity index (χ0v) is 21.3. The zero-order chi connectivity index (χ0) is 26.4. The van der Waals surface area contributed by atoms with Crippen molar-refractivity contribution < 1.29 is 19.4 Å². The van der Waals surface area contributed by atoms with Crippen molar-refractivity contribution in [1.29, 1.82) is 0 Å². The Balaban J connectivity index is 1.57. The lowest BCUT2D eigenvalue weighted by Crippen LogP contribution is -2.49. The van der Waals surface area contributed by atoms with Crippen LogP contribution in [0.3, 0.4) is 0 Å². The Hall–Kier alpha value is -3.83. The SMILES string of the molecule is C[C@@H]1CN([C@H](C)CO)C(=O)c2cc(NC(=O)Cn3cnnn3)ccc2O[C@H]1CN(C)Cc1ccccc1. The quantitative estimate of drug-likeness (QED) is 0.448. The van der Waals surface area contributed by atoms with E-state index in [-0.39, 0.29) is 43.0 Å². The molecule has 196 valence electrons. The maximum atomic E-state index is 13.6. The van der Waals surface area contributed by atoms with Crippen LogP contribution in [0.5, 0.6) is 5.75 Å². The summed E-state index contributed by atoms with van der Waals surface area (Å²) in [6.45, 7) is 5.51. The van der Waals surface area contributed by atoms with Gasteiger partial charge in [0.2, 0.25) is 5.91 Å². The number of anilines is 1. The van der Waals surface area contributed by atoms with E-state index in [1.807, 2.05) is 32.2 Å². The molecule has 0 bridgehead atoms. The van der Waals surface area contributed by atoms with Crippen LogP contribution in [0.1, 0.15) is 29.8 Å². The number of aromatic nitrogens is 4. The lowest BCUT2D eigenvalue weighted by atomic mass is 9.99. The third-order valence-corrected chi connectivity index (χ3v) is 6.43. The number of nitrogens with zero attached hydrogens (tertiary/aromatic N) is 6. The molecule has 1 aliphatic rings. The molecule has 11 heteroatoms. The lowest BCUT2D eigenvalue weighted by Gasteiger charge is -2.38. The predicted octanol–water partition coefficient (Wildman–Crippen LogP) is 1.66. The van der Waals surface area contributed by atoms with E-state index < -0.39 is 0 Å². The second-order valence-electron chi connectivity index (χ2n) is 9.57. The van der Waals surface area contributed by atoms with Gasteiger partial charge in [-0.3, -0.25) is 14.5 Å². The van der Waals surface area contributed by atoms with Crippen molar-refractivity contribution in [2.45, 2.75) is 39.1 Å². The summed E-state index contributed by atoms with van der Waals surface area (Å²) >= 11 is 0. The van der Waals surface area contributed by atoms with E-state index in [1.165, 1.54) is 16.6 Å². The van der Waals surface area contributed by atoms with Crippen molar-refractivity contribution in [2.24, 2.45) is 5.92 Å². The summed E-state index contributed by atoms with van der Waals surface area (Å²) in [7, 11) is 2.05. The van der Waals surface area contributed by atoms with Gasteiger partial charge in [0.05, 0.1) is 18.2 Å². The van der Waals surface area contributed by atoms with E-state index in [0.29, 0.717) is 30.1 Å². The van der Waals surface area contributed by atoms with Crippen LogP contribution in [0.4, 0.5) is 5.69 Å². The maximum absolute atomic E-state index is 13.6. The Labute approximate surface area is 216 Å². The first kappa shape index (κ1) is 26.2. The van der Waals surface area contributed by atoms with Crippen molar-refractivity contribution in [3.05, 3.63) is 66.0 Å². The van der Waals surface area contributed by atoms with Crippen LogP contribution >= 0.6 is 0 Å². The number of aliphatic hydroxyl groups excluding tert-OH is 1. The molecule has 2 heterocycles. The molecule has 2 aromatic carbocycles. The molecule has 0 saturated carbocycles. The molecule has 2 amide bonds. The molecule has 0 saturated heterocycles. The third-order valence-electron chi connectivity index (χ3n) is 6.43. The van der Waals surface area contributed by atoms with Crippen molar-refractivity contribution in [2.75, 3.05) is 32.1 Å². The molecule has 0 unspecified atom stereocenters. The highest BCUT2D eigenvalue weighted by Gasteiger charge is 2.33. The lowest BCUT2D eigenvalue weighted by molar-refractivity contribution is -0.116. The molecule has 3 aromatic rings. The van der Waals surface area contributed by atoms with Gasteiger partial charge in [-0.25, -0.2) is 4.68 Å². The number of ether oxygens (including phenoxy) is 1. The summed E-state index contributed by atoms with van der Waals surface area (Å²) in [5.74, 6) is -0.125. The van der Waals surface area contributed by atoms with E-state index in [9.17, 15) is 14.7 Å². The Bertz CT molecular complexity index is 1190. The normalized spacial score (nSPS) is 18.5. The summed E-state index contributed by atoms with van der Waals surface area (Å²) in [6, 6.07) is 14.9. The molecule has 0 fully saturated rings. The van der Waals surface area contributed by atoms with Crippen molar-refractivity contribution in [1.82, 2.24) is 30.0 Å². The molecule has 1 aliphatic heterocycles. The number of nitrogens with one attached hydrogen (secondary N) is 1. The van der Waals surface area contributed by atoms with Gasteiger partial charge in [-0.1, -0.05) is 37.3 Å². The average molecular weight is 508 g/mol. The first-order valence-corrected chi connectivity index (χ1v) is 12.3. The predicted molar refractivity (Wildman–Crippen MR) is 137 cm³/mol. The second-order valence-corrected chi connectivity index (χ2v) is 9.57. The molecule has 0 spiro atoms. The summed E-state index contributed by atoms with van der Waals surface area (Å²) in [5, 5.41) is 23.4. The average Bonchev–Trinajstić information content (AvgIpc) is 3.39. The fourth-order valence-corrected chi connectivity index (χ4v) is 4.39. The second kappa shape index (κ2) is 11.9. The number of aliphatic hydroxyl groups is 1. The van der Waals surface area contributed by atoms with E-state index >= 15 is 0 Å². The molecule has 0 aliphatic carbocycles.